The number of rotatable bonds is 8. The van der Waals surface area contributed by atoms with Gasteiger partial charge in [-0.25, -0.2) is 0 Å². The van der Waals surface area contributed by atoms with Crippen molar-refractivity contribution in [3.8, 4) is 5.75 Å². The number of benzene rings is 2. The maximum absolute atomic E-state index is 11.6. The fourth-order valence-electron chi connectivity index (χ4n) is 1.96. The number of amides is 1. The van der Waals surface area contributed by atoms with Crippen molar-refractivity contribution in [1.29, 1.82) is 0 Å². The molecule has 23 heavy (non-hydrogen) atoms. The molecule has 1 amide bonds. The molecule has 0 saturated carbocycles. The molecule has 2 rings (SSSR count). The fourth-order valence-corrected chi connectivity index (χ4v) is 1.96. The minimum Gasteiger partial charge on any atom is -0.489 e. The maximum Gasteiger partial charge on any atom is 0.244 e. The first-order chi connectivity index (χ1) is 11.3. The van der Waals surface area contributed by atoms with Crippen molar-refractivity contribution < 1.29 is 14.3 Å². The molecule has 0 unspecified atom stereocenters. The van der Waals surface area contributed by atoms with Gasteiger partial charge in [-0.2, -0.15) is 0 Å². The average Bonchev–Trinajstić information content (AvgIpc) is 2.60. The molecule has 0 aromatic heterocycles. The van der Waals surface area contributed by atoms with Crippen LogP contribution in [0.1, 0.15) is 11.1 Å². The molecule has 0 bridgehead atoms. The lowest BCUT2D eigenvalue weighted by atomic mass is 10.2. The summed E-state index contributed by atoms with van der Waals surface area (Å²) >= 11 is 0. The minimum atomic E-state index is -0.141. The van der Waals surface area contributed by atoms with E-state index < -0.39 is 0 Å². The summed E-state index contributed by atoms with van der Waals surface area (Å²) in [7, 11) is 1.60. The van der Waals surface area contributed by atoms with E-state index in [2.05, 4.69) is 5.32 Å². The van der Waals surface area contributed by atoms with E-state index in [-0.39, 0.29) is 5.91 Å². The van der Waals surface area contributed by atoms with E-state index in [4.69, 9.17) is 9.47 Å². The van der Waals surface area contributed by atoms with Gasteiger partial charge in [0.15, 0.2) is 0 Å². The van der Waals surface area contributed by atoms with Gasteiger partial charge in [0.05, 0.1) is 6.61 Å². The largest absolute Gasteiger partial charge is 0.489 e. The van der Waals surface area contributed by atoms with E-state index >= 15 is 0 Å². The second-order valence-corrected chi connectivity index (χ2v) is 4.96. The molecule has 0 fully saturated rings. The van der Waals surface area contributed by atoms with E-state index in [0.29, 0.717) is 19.8 Å². The van der Waals surface area contributed by atoms with Crippen LogP contribution in [0.25, 0.3) is 6.08 Å². The van der Waals surface area contributed by atoms with E-state index in [1.165, 1.54) is 6.08 Å². The summed E-state index contributed by atoms with van der Waals surface area (Å²) in [5.74, 6) is 0.633. The lowest BCUT2D eigenvalue weighted by Crippen LogP contribution is -2.24. The van der Waals surface area contributed by atoms with Gasteiger partial charge in [0.1, 0.15) is 12.4 Å². The van der Waals surface area contributed by atoms with E-state index in [1.54, 1.807) is 13.2 Å². The molecule has 120 valence electrons. The molecule has 0 aliphatic rings. The maximum atomic E-state index is 11.6. The highest BCUT2D eigenvalue weighted by Crippen LogP contribution is 2.16. The summed E-state index contributed by atoms with van der Waals surface area (Å²) < 4.78 is 10.6. The topological polar surface area (TPSA) is 47.6 Å². The third kappa shape index (κ3) is 6.36. The molecule has 2 aromatic rings. The quantitative estimate of drug-likeness (QED) is 0.602. The van der Waals surface area contributed by atoms with Crippen molar-refractivity contribution in [2.24, 2.45) is 0 Å². The Bertz CT molecular complexity index is 638. The number of carbonyl (C=O) groups is 1. The van der Waals surface area contributed by atoms with Crippen LogP contribution in [0, 0.1) is 0 Å². The Balaban J connectivity index is 1.88. The standard InChI is InChI=1S/C19H21NO3/c1-22-13-12-20-19(21)11-10-16-8-5-9-18(14-16)23-15-17-6-3-2-4-7-17/h2-11,14H,12-13,15H2,1H3,(H,20,21)/b11-10+. The Kier molecular flexibility index (Phi) is 6.88. The molecular weight excluding hydrogens is 290 g/mol. The van der Waals surface area contributed by atoms with Crippen molar-refractivity contribution in [1.82, 2.24) is 5.32 Å². The molecule has 0 heterocycles. The molecule has 2 aromatic carbocycles. The monoisotopic (exact) mass is 311 g/mol. The highest BCUT2D eigenvalue weighted by atomic mass is 16.5. The number of ether oxygens (including phenoxy) is 2. The first-order valence-electron chi connectivity index (χ1n) is 7.49. The zero-order valence-electron chi connectivity index (χ0n) is 13.2. The predicted molar refractivity (Wildman–Crippen MR) is 91.1 cm³/mol. The van der Waals surface area contributed by atoms with Crippen molar-refractivity contribution in [2.45, 2.75) is 6.61 Å². The molecular formula is C19H21NO3. The van der Waals surface area contributed by atoms with Gasteiger partial charge >= 0.3 is 0 Å². The minimum absolute atomic E-state index is 0.141. The van der Waals surface area contributed by atoms with Gasteiger partial charge in [0, 0.05) is 19.7 Å². The van der Waals surface area contributed by atoms with Gasteiger partial charge in [-0.3, -0.25) is 4.79 Å². The predicted octanol–water partition coefficient (Wildman–Crippen LogP) is 3.04. The zero-order chi connectivity index (χ0) is 16.3. The van der Waals surface area contributed by atoms with Crippen molar-refractivity contribution in [3.63, 3.8) is 0 Å². The first-order valence-corrected chi connectivity index (χ1v) is 7.49. The van der Waals surface area contributed by atoms with Gasteiger partial charge in [0.2, 0.25) is 5.91 Å². The second kappa shape index (κ2) is 9.43. The van der Waals surface area contributed by atoms with Gasteiger partial charge in [0.25, 0.3) is 0 Å². The van der Waals surface area contributed by atoms with E-state index in [9.17, 15) is 4.79 Å². The highest BCUT2D eigenvalue weighted by Gasteiger charge is 1.98. The van der Waals surface area contributed by atoms with Crippen molar-refractivity contribution >= 4 is 12.0 Å². The van der Waals surface area contributed by atoms with Crippen LogP contribution in [0.3, 0.4) is 0 Å². The molecule has 4 heteroatoms. The summed E-state index contributed by atoms with van der Waals surface area (Å²) in [6, 6.07) is 17.6. The summed E-state index contributed by atoms with van der Waals surface area (Å²) in [5.41, 5.74) is 2.03. The Labute approximate surface area is 136 Å². The van der Waals surface area contributed by atoms with Gasteiger partial charge in [-0.1, -0.05) is 42.5 Å². The number of carbonyl (C=O) groups excluding carboxylic acids is 1. The lowest BCUT2D eigenvalue weighted by molar-refractivity contribution is -0.116. The molecule has 0 radical (unpaired) electrons. The Morgan fingerprint density at radius 1 is 1.13 bits per heavy atom. The SMILES string of the molecule is COCCNC(=O)/C=C/c1cccc(OCc2ccccc2)c1. The third-order valence-electron chi connectivity index (χ3n) is 3.14. The number of nitrogens with one attached hydrogen (secondary N) is 1. The second-order valence-electron chi connectivity index (χ2n) is 4.96. The molecule has 0 atom stereocenters. The average molecular weight is 311 g/mol. The third-order valence-corrected chi connectivity index (χ3v) is 3.14. The van der Waals surface area contributed by atoms with Crippen LogP contribution in [0.2, 0.25) is 0 Å². The number of methoxy groups -OCH3 is 1. The summed E-state index contributed by atoms with van der Waals surface area (Å²) in [4.78, 5) is 11.6. The van der Waals surface area contributed by atoms with Crippen LogP contribution >= 0.6 is 0 Å². The molecule has 4 nitrogen and oxygen atoms in total. The van der Waals surface area contributed by atoms with Crippen LogP contribution in [0.15, 0.2) is 60.7 Å². The Morgan fingerprint density at radius 3 is 2.74 bits per heavy atom. The van der Waals surface area contributed by atoms with Crippen molar-refractivity contribution in [3.05, 3.63) is 71.8 Å². The van der Waals surface area contributed by atoms with Crippen LogP contribution in [-0.2, 0) is 16.1 Å². The van der Waals surface area contributed by atoms with Gasteiger partial charge in [-0.05, 0) is 29.3 Å². The molecule has 0 aliphatic carbocycles. The van der Waals surface area contributed by atoms with Gasteiger partial charge < -0.3 is 14.8 Å². The molecule has 1 N–H and O–H groups in total. The summed E-state index contributed by atoms with van der Waals surface area (Å²) in [6.07, 6.45) is 3.27. The Hall–Kier alpha value is -2.59. The summed E-state index contributed by atoms with van der Waals surface area (Å²) in [5, 5.41) is 2.73. The van der Waals surface area contributed by atoms with Crippen LogP contribution in [-0.4, -0.2) is 26.2 Å². The molecule has 0 aliphatic heterocycles. The summed E-state index contributed by atoms with van der Waals surface area (Å²) in [6.45, 7) is 1.52. The first kappa shape index (κ1) is 16.8. The van der Waals surface area contributed by atoms with Gasteiger partial charge in [-0.15, -0.1) is 0 Å². The Morgan fingerprint density at radius 2 is 1.96 bits per heavy atom. The van der Waals surface area contributed by atoms with Crippen LogP contribution < -0.4 is 10.1 Å². The number of hydrogen-bond donors (Lipinski definition) is 1. The molecule has 0 spiro atoms. The smallest absolute Gasteiger partial charge is 0.244 e. The fraction of sp³-hybridized carbons (Fsp3) is 0.211. The normalized spacial score (nSPS) is 10.7. The van der Waals surface area contributed by atoms with E-state index in [1.807, 2.05) is 54.6 Å². The zero-order valence-corrected chi connectivity index (χ0v) is 13.2. The van der Waals surface area contributed by atoms with Crippen LogP contribution in [0.5, 0.6) is 5.75 Å². The highest BCUT2D eigenvalue weighted by molar-refractivity contribution is 5.91. The van der Waals surface area contributed by atoms with E-state index in [0.717, 1.165) is 16.9 Å². The van der Waals surface area contributed by atoms with Crippen molar-refractivity contribution in [2.75, 3.05) is 20.3 Å². The van der Waals surface area contributed by atoms with Crippen LogP contribution in [0.4, 0.5) is 0 Å². The number of hydrogen-bond acceptors (Lipinski definition) is 3. The molecule has 0 saturated heterocycles. The lowest BCUT2D eigenvalue weighted by Gasteiger charge is -2.07.